The van der Waals surface area contributed by atoms with E-state index in [2.05, 4.69) is 22.6 Å². The number of fused-ring (bicyclic) bond motifs is 1. The number of hydrogen-bond acceptors (Lipinski definition) is 5. The van der Waals surface area contributed by atoms with Crippen LogP contribution in [-0.4, -0.2) is 36.6 Å². The van der Waals surface area contributed by atoms with Crippen LogP contribution in [0.4, 0.5) is 14.5 Å². The lowest BCUT2D eigenvalue weighted by molar-refractivity contribution is -0.384. The smallest absolute Gasteiger partial charge is 0.275 e. The molecule has 0 amide bonds. The van der Waals surface area contributed by atoms with Crippen LogP contribution in [-0.2, 0) is 9.47 Å². The topological polar surface area (TPSA) is 75.8 Å². The highest BCUT2D eigenvalue weighted by atomic mass is 127. The maximum absolute atomic E-state index is 14.1. The van der Waals surface area contributed by atoms with Crippen LogP contribution in [0, 0.1) is 25.3 Å². The van der Waals surface area contributed by atoms with Gasteiger partial charge in [-0.1, -0.05) is 0 Å². The van der Waals surface area contributed by atoms with Gasteiger partial charge in [-0.3, -0.25) is 10.1 Å². The zero-order chi connectivity index (χ0) is 22.1. The van der Waals surface area contributed by atoms with Gasteiger partial charge in [0.25, 0.3) is 5.69 Å². The summed E-state index contributed by atoms with van der Waals surface area (Å²) in [6.07, 6.45) is 1.48. The summed E-state index contributed by atoms with van der Waals surface area (Å²) < 4.78 is 46.5. The van der Waals surface area contributed by atoms with Gasteiger partial charge in [0.15, 0.2) is 18.4 Å². The lowest BCUT2D eigenvalue weighted by Crippen LogP contribution is -2.17. The highest BCUT2D eigenvalue weighted by Gasteiger charge is 2.29. The number of methoxy groups -OCH3 is 1. The van der Waals surface area contributed by atoms with E-state index < -0.39 is 16.6 Å². The molecule has 7 nitrogen and oxygen atoms in total. The van der Waals surface area contributed by atoms with Crippen LogP contribution < -0.4 is 4.74 Å². The second kappa shape index (κ2) is 9.05. The van der Waals surface area contributed by atoms with Gasteiger partial charge in [-0.05, 0) is 47.6 Å². The van der Waals surface area contributed by atoms with Gasteiger partial charge >= 0.3 is 0 Å². The van der Waals surface area contributed by atoms with Crippen molar-refractivity contribution in [2.45, 2.75) is 18.8 Å². The van der Waals surface area contributed by atoms with Crippen molar-refractivity contribution in [2.75, 3.05) is 27.1 Å². The minimum atomic E-state index is -0.992. The Labute approximate surface area is 190 Å². The van der Waals surface area contributed by atoms with E-state index in [-0.39, 0.29) is 18.4 Å². The summed E-state index contributed by atoms with van der Waals surface area (Å²) in [6.45, 7) is 1.07. The summed E-state index contributed by atoms with van der Waals surface area (Å²) in [7, 11) is 1.46. The van der Waals surface area contributed by atoms with Crippen LogP contribution in [0.3, 0.4) is 0 Å². The highest BCUT2D eigenvalue weighted by Crippen LogP contribution is 2.44. The summed E-state index contributed by atoms with van der Waals surface area (Å²) in [5.41, 5.74) is 1.56. The van der Waals surface area contributed by atoms with Crippen LogP contribution >= 0.6 is 22.6 Å². The summed E-state index contributed by atoms with van der Waals surface area (Å²) in [5.74, 6) is -1.58. The Morgan fingerprint density at radius 1 is 1.23 bits per heavy atom. The normalized spacial score (nSPS) is 14.8. The quantitative estimate of drug-likeness (QED) is 0.182. The van der Waals surface area contributed by atoms with Crippen LogP contribution in [0.5, 0.6) is 5.75 Å². The number of benzene rings is 2. The Kier molecular flexibility index (Phi) is 6.39. The number of non-ortho nitro benzene ring substituents is 1. The molecular formula is C21H19F2IN2O5. The molecule has 0 spiro atoms. The van der Waals surface area contributed by atoms with Crippen LogP contribution in [0.1, 0.15) is 24.5 Å². The lowest BCUT2D eigenvalue weighted by Gasteiger charge is -2.24. The molecule has 10 heteroatoms. The fourth-order valence-electron chi connectivity index (χ4n) is 3.92. The minimum absolute atomic E-state index is 0.0792. The number of aromatic nitrogens is 1. The monoisotopic (exact) mass is 544 g/mol. The molecule has 0 aliphatic carbocycles. The van der Waals surface area contributed by atoms with E-state index in [4.69, 9.17) is 14.2 Å². The maximum atomic E-state index is 14.1. The van der Waals surface area contributed by atoms with Crippen LogP contribution in [0.15, 0.2) is 30.3 Å². The van der Waals surface area contributed by atoms with Gasteiger partial charge in [0.05, 0.1) is 21.9 Å². The number of nitrogens with zero attached hydrogens (tertiary/aromatic N) is 2. The van der Waals surface area contributed by atoms with Crippen molar-refractivity contribution in [2.24, 2.45) is 0 Å². The Balaban J connectivity index is 2.06. The van der Waals surface area contributed by atoms with E-state index in [1.54, 1.807) is 4.57 Å². The molecule has 31 heavy (non-hydrogen) atoms. The molecular weight excluding hydrogens is 525 g/mol. The molecule has 0 N–H and O–H groups in total. The van der Waals surface area contributed by atoms with Gasteiger partial charge in [-0.2, -0.15) is 0 Å². The Bertz CT molecular complexity index is 1140. The zero-order valence-electron chi connectivity index (χ0n) is 16.6. The van der Waals surface area contributed by atoms with Crippen molar-refractivity contribution in [3.8, 4) is 11.4 Å². The molecule has 0 saturated carbocycles. The van der Waals surface area contributed by atoms with Gasteiger partial charge in [-0.25, -0.2) is 8.78 Å². The Morgan fingerprint density at radius 3 is 2.61 bits per heavy atom. The van der Waals surface area contributed by atoms with Gasteiger partial charge in [0.2, 0.25) is 0 Å². The molecule has 3 aromatic rings. The molecule has 4 rings (SSSR count). The van der Waals surface area contributed by atoms with Crippen molar-refractivity contribution in [3.05, 3.63) is 61.3 Å². The first-order valence-electron chi connectivity index (χ1n) is 9.59. The summed E-state index contributed by atoms with van der Waals surface area (Å²) in [6, 6.07) is 6.40. The second-order valence-electron chi connectivity index (χ2n) is 7.17. The Morgan fingerprint density at radius 2 is 1.97 bits per heavy atom. The SMILES string of the molecule is COCOc1cc([N+](=O)[O-])cc2c1c(I)c(C1CCOCC1)n2-c1ccc(F)c(F)c1. The first kappa shape index (κ1) is 21.9. The van der Waals surface area contributed by atoms with E-state index in [0.717, 1.165) is 34.2 Å². The van der Waals surface area contributed by atoms with E-state index in [9.17, 15) is 18.9 Å². The van der Waals surface area contributed by atoms with Crippen molar-refractivity contribution in [3.63, 3.8) is 0 Å². The Hall–Kier alpha value is -2.31. The molecule has 0 bridgehead atoms. The number of nitro benzene ring substituents is 1. The van der Waals surface area contributed by atoms with Crippen molar-refractivity contribution in [1.82, 2.24) is 4.57 Å². The third kappa shape index (κ3) is 4.11. The van der Waals surface area contributed by atoms with Crippen molar-refractivity contribution < 1.29 is 27.9 Å². The summed E-state index contributed by atoms with van der Waals surface area (Å²) in [5, 5.41) is 12.3. The predicted octanol–water partition coefficient (Wildman–Crippen LogP) is 5.30. The molecule has 0 atom stereocenters. The number of ether oxygens (including phenoxy) is 3. The summed E-state index contributed by atoms with van der Waals surface area (Å²) >= 11 is 2.19. The minimum Gasteiger partial charge on any atom is -0.467 e. The largest absolute Gasteiger partial charge is 0.467 e. The number of nitro groups is 1. The molecule has 164 valence electrons. The van der Waals surface area contributed by atoms with Gasteiger partial charge in [0.1, 0.15) is 5.75 Å². The van der Waals surface area contributed by atoms with Gasteiger partial charge in [0, 0.05) is 53.3 Å². The molecule has 0 radical (unpaired) electrons. The molecule has 2 aromatic carbocycles. The molecule has 1 aliphatic rings. The fraction of sp³-hybridized carbons (Fsp3) is 0.333. The third-order valence-corrected chi connectivity index (χ3v) is 6.40. The van der Waals surface area contributed by atoms with Crippen LogP contribution in [0.2, 0.25) is 0 Å². The summed E-state index contributed by atoms with van der Waals surface area (Å²) in [4.78, 5) is 11.1. The molecule has 1 aromatic heterocycles. The average Bonchev–Trinajstić information content (AvgIpc) is 3.07. The van der Waals surface area contributed by atoms with Gasteiger partial charge in [-0.15, -0.1) is 0 Å². The zero-order valence-corrected chi connectivity index (χ0v) is 18.7. The van der Waals surface area contributed by atoms with Crippen molar-refractivity contribution in [1.29, 1.82) is 0 Å². The first-order chi connectivity index (χ1) is 14.9. The molecule has 0 unspecified atom stereocenters. The molecule has 2 heterocycles. The fourth-order valence-corrected chi connectivity index (χ4v) is 5.14. The third-order valence-electron chi connectivity index (χ3n) is 5.30. The number of rotatable bonds is 6. The molecule has 1 aliphatic heterocycles. The average molecular weight is 544 g/mol. The van der Waals surface area contributed by atoms with E-state index in [0.29, 0.717) is 35.6 Å². The highest BCUT2D eigenvalue weighted by molar-refractivity contribution is 14.1. The molecule has 1 fully saturated rings. The lowest BCUT2D eigenvalue weighted by atomic mass is 9.96. The first-order valence-corrected chi connectivity index (χ1v) is 10.7. The van der Waals surface area contributed by atoms with E-state index in [1.807, 2.05) is 0 Å². The second-order valence-corrected chi connectivity index (χ2v) is 8.24. The standard InChI is InChI=1S/C21H19F2IN2O5/c1-29-11-31-18-10-14(26(27)28)9-17-19(18)20(24)21(12-4-6-30-7-5-12)25(17)13-2-3-15(22)16(23)8-13/h2-3,8-10,12H,4-7,11H2,1H3. The van der Waals surface area contributed by atoms with Gasteiger partial charge < -0.3 is 18.8 Å². The number of halogens is 3. The maximum Gasteiger partial charge on any atom is 0.275 e. The van der Waals surface area contributed by atoms with Crippen LogP contribution in [0.25, 0.3) is 16.6 Å². The van der Waals surface area contributed by atoms with E-state index >= 15 is 0 Å². The van der Waals surface area contributed by atoms with Crippen molar-refractivity contribution >= 4 is 39.2 Å². The predicted molar refractivity (Wildman–Crippen MR) is 118 cm³/mol. The molecule has 1 saturated heterocycles. The van der Waals surface area contributed by atoms with E-state index in [1.165, 1.54) is 25.3 Å². The number of hydrogen-bond donors (Lipinski definition) is 0.